The highest BCUT2D eigenvalue weighted by Crippen LogP contribution is 2.40. The lowest BCUT2D eigenvalue weighted by Crippen LogP contribution is -1.97. The van der Waals surface area contributed by atoms with Crippen LogP contribution in [0.25, 0.3) is 0 Å². The van der Waals surface area contributed by atoms with Crippen LogP contribution in [0.5, 0.6) is 0 Å². The normalized spacial score (nSPS) is 15.5. The molecule has 1 aromatic rings. The standard InChI is InChI=1S/C10H13Br2ClS/c1-3-6(2)4-8(13)9-5-7(11)10(12)14-9/h5-6,8H,3-4H2,1-2H3. The van der Waals surface area contributed by atoms with Gasteiger partial charge in [0.05, 0.1) is 9.16 Å². The summed E-state index contributed by atoms with van der Waals surface area (Å²) in [5.41, 5.74) is 0. The molecule has 0 nitrogen and oxygen atoms in total. The summed E-state index contributed by atoms with van der Waals surface area (Å²) in [5.74, 6) is 0.692. The van der Waals surface area contributed by atoms with Crippen molar-refractivity contribution in [2.24, 2.45) is 5.92 Å². The lowest BCUT2D eigenvalue weighted by molar-refractivity contribution is 0.510. The maximum absolute atomic E-state index is 6.33. The van der Waals surface area contributed by atoms with Gasteiger partial charge in [0.1, 0.15) is 0 Å². The molecule has 14 heavy (non-hydrogen) atoms. The monoisotopic (exact) mass is 358 g/mol. The van der Waals surface area contributed by atoms with Gasteiger partial charge in [-0.1, -0.05) is 20.3 Å². The Balaban J connectivity index is 2.64. The van der Waals surface area contributed by atoms with E-state index in [2.05, 4.69) is 51.8 Å². The van der Waals surface area contributed by atoms with E-state index in [9.17, 15) is 0 Å². The van der Waals surface area contributed by atoms with Crippen molar-refractivity contribution < 1.29 is 0 Å². The van der Waals surface area contributed by atoms with E-state index in [0.717, 1.165) is 14.7 Å². The first-order valence-electron chi connectivity index (χ1n) is 4.63. The Morgan fingerprint density at radius 1 is 1.50 bits per heavy atom. The van der Waals surface area contributed by atoms with E-state index in [4.69, 9.17) is 11.6 Å². The molecule has 0 radical (unpaired) electrons. The van der Waals surface area contributed by atoms with E-state index in [-0.39, 0.29) is 5.38 Å². The number of rotatable bonds is 4. The summed E-state index contributed by atoms with van der Waals surface area (Å²) in [6.07, 6.45) is 2.24. The number of thiophene rings is 1. The molecule has 80 valence electrons. The van der Waals surface area contributed by atoms with Crippen molar-refractivity contribution in [2.45, 2.75) is 32.1 Å². The van der Waals surface area contributed by atoms with Crippen molar-refractivity contribution in [1.29, 1.82) is 0 Å². The average molecular weight is 361 g/mol. The molecule has 1 heterocycles. The molecule has 2 atom stereocenters. The van der Waals surface area contributed by atoms with Gasteiger partial charge in [0.25, 0.3) is 0 Å². The zero-order chi connectivity index (χ0) is 10.7. The molecule has 0 amide bonds. The average Bonchev–Trinajstić information content (AvgIpc) is 2.47. The predicted molar refractivity (Wildman–Crippen MR) is 72.4 cm³/mol. The molecule has 0 spiro atoms. The predicted octanol–water partition coefficient (Wildman–Crippen LogP) is 5.99. The molecule has 4 heteroatoms. The molecule has 1 aromatic heterocycles. The summed E-state index contributed by atoms with van der Waals surface area (Å²) in [6, 6.07) is 2.11. The minimum absolute atomic E-state index is 0.151. The largest absolute Gasteiger partial charge is 0.131 e. The highest BCUT2D eigenvalue weighted by atomic mass is 79.9. The Morgan fingerprint density at radius 2 is 2.14 bits per heavy atom. The van der Waals surface area contributed by atoms with Crippen molar-refractivity contribution >= 4 is 54.8 Å². The Bertz CT molecular complexity index is 279. The van der Waals surface area contributed by atoms with E-state index in [0.29, 0.717) is 5.92 Å². The fourth-order valence-electron chi connectivity index (χ4n) is 1.15. The summed E-state index contributed by atoms with van der Waals surface area (Å²) in [7, 11) is 0. The van der Waals surface area contributed by atoms with E-state index in [1.165, 1.54) is 11.3 Å². The maximum Gasteiger partial charge on any atom is 0.0843 e. The fraction of sp³-hybridized carbons (Fsp3) is 0.600. The molecule has 0 aliphatic carbocycles. The van der Waals surface area contributed by atoms with Crippen molar-refractivity contribution in [3.63, 3.8) is 0 Å². The number of alkyl halides is 1. The maximum atomic E-state index is 6.33. The van der Waals surface area contributed by atoms with E-state index < -0.39 is 0 Å². The van der Waals surface area contributed by atoms with Crippen LogP contribution in [0, 0.1) is 5.92 Å². The third kappa shape index (κ3) is 3.51. The van der Waals surface area contributed by atoms with Crippen LogP contribution in [-0.4, -0.2) is 0 Å². The minimum Gasteiger partial charge on any atom is -0.131 e. The fourth-order valence-corrected chi connectivity index (χ4v) is 3.73. The van der Waals surface area contributed by atoms with Gasteiger partial charge in [-0.25, -0.2) is 0 Å². The first-order valence-corrected chi connectivity index (χ1v) is 7.47. The third-order valence-electron chi connectivity index (χ3n) is 2.28. The molecule has 1 rings (SSSR count). The molecular weight excluding hydrogens is 347 g/mol. The summed E-state index contributed by atoms with van der Waals surface area (Å²) in [5, 5.41) is 0.151. The second-order valence-electron chi connectivity index (χ2n) is 3.49. The lowest BCUT2D eigenvalue weighted by atomic mass is 10.0. The molecule has 0 aliphatic heterocycles. The van der Waals surface area contributed by atoms with Gasteiger partial charge >= 0.3 is 0 Å². The number of hydrogen-bond donors (Lipinski definition) is 0. The minimum atomic E-state index is 0.151. The van der Waals surface area contributed by atoms with Gasteiger partial charge in [0, 0.05) is 9.35 Å². The van der Waals surface area contributed by atoms with E-state index in [1.54, 1.807) is 11.3 Å². The Morgan fingerprint density at radius 3 is 2.57 bits per heavy atom. The first kappa shape index (κ1) is 13.0. The summed E-state index contributed by atoms with van der Waals surface area (Å²) in [6.45, 7) is 4.45. The zero-order valence-corrected chi connectivity index (χ0v) is 12.9. The second kappa shape index (κ2) is 5.88. The quantitative estimate of drug-likeness (QED) is 0.579. The van der Waals surface area contributed by atoms with Gasteiger partial charge < -0.3 is 0 Å². The molecule has 0 aromatic carbocycles. The van der Waals surface area contributed by atoms with Gasteiger partial charge in [0.15, 0.2) is 0 Å². The third-order valence-corrected chi connectivity index (χ3v) is 6.19. The summed E-state index contributed by atoms with van der Waals surface area (Å²) in [4.78, 5) is 1.24. The Hall–Kier alpha value is 0.950. The zero-order valence-electron chi connectivity index (χ0n) is 8.19. The molecule has 0 saturated carbocycles. The number of halogens is 3. The van der Waals surface area contributed by atoms with Crippen molar-refractivity contribution in [1.82, 2.24) is 0 Å². The number of hydrogen-bond acceptors (Lipinski definition) is 1. The van der Waals surface area contributed by atoms with Crippen molar-refractivity contribution in [2.75, 3.05) is 0 Å². The van der Waals surface area contributed by atoms with Gasteiger partial charge in [0.2, 0.25) is 0 Å². The van der Waals surface area contributed by atoms with Crippen LogP contribution in [0.2, 0.25) is 0 Å². The highest BCUT2D eigenvalue weighted by Gasteiger charge is 2.15. The molecule has 0 saturated heterocycles. The van der Waals surface area contributed by atoms with Gasteiger partial charge in [-0.05, 0) is 50.3 Å². The second-order valence-corrected chi connectivity index (χ2v) is 7.27. The van der Waals surface area contributed by atoms with Crippen LogP contribution in [0.4, 0.5) is 0 Å². The molecule has 2 unspecified atom stereocenters. The van der Waals surface area contributed by atoms with Crippen LogP contribution >= 0.6 is 54.8 Å². The Kier molecular flexibility index (Phi) is 5.47. The lowest BCUT2D eigenvalue weighted by Gasteiger charge is -2.12. The SMILES string of the molecule is CCC(C)CC(Cl)c1cc(Br)c(Br)s1. The summed E-state index contributed by atoms with van der Waals surface area (Å²) >= 11 is 15.0. The van der Waals surface area contributed by atoms with Crippen molar-refractivity contribution in [3.8, 4) is 0 Å². The molecule has 0 fully saturated rings. The molecule has 0 bridgehead atoms. The van der Waals surface area contributed by atoms with Crippen LogP contribution in [0.1, 0.15) is 36.9 Å². The van der Waals surface area contributed by atoms with Crippen LogP contribution < -0.4 is 0 Å². The van der Waals surface area contributed by atoms with Crippen LogP contribution in [0.3, 0.4) is 0 Å². The van der Waals surface area contributed by atoms with Gasteiger partial charge in [-0.2, -0.15) is 0 Å². The first-order chi connectivity index (χ1) is 6.54. The molecule has 0 aliphatic rings. The smallest absolute Gasteiger partial charge is 0.0843 e. The van der Waals surface area contributed by atoms with E-state index >= 15 is 0 Å². The van der Waals surface area contributed by atoms with Gasteiger partial charge in [-0.3, -0.25) is 0 Å². The molecule has 0 N–H and O–H groups in total. The summed E-state index contributed by atoms with van der Waals surface area (Å²) < 4.78 is 2.23. The van der Waals surface area contributed by atoms with Gasteiger partial charge in [-0.15, -0.1) is 22.9 Å². The topological polar surface area (TPSA) is 0 Å². The van der Waals surface area contributed by atoms with Crippen LogP contribution in [0.15, 0.2) is 14.3 Å². The van der Waals surface area contributed by atoms with E-state index in [1.807, 2.05) is 0 Å². The van der Waals surface area contributed by atoms with Crippen molar-refractivity contribution in [3.05, 3.63) is 19.2 Å². The van der Waals surface area contributed by atoms with Crippen LogP contribution in [-0.2, 0) is 0 Å². The Labute approximate surface area is 111 Å². The molecular formula is C10H13Br2ClS. The highest BCUT2D eigenvalue weighted by molar-refractivity contribution is 9.13.